The van der Waals surface area contributed by atoms with Gasteiger partial charge in [0.15, 0.2) is 0 Å². The number of benzene rings is 1. The van der Waals surface area contributed by atoms with Crippen molar-refractivity contribution in [3.63, 3.8) is 0 Å². The molecule has 0 radical (unpaired) electrons. The minimum atomic E-state index is -0.308. The Bertz CT molecular complexity index is 732. The van der Waals surface area contributed by atoms with Gasteiger partial charge in [0.2, 0.25) is 5.95 Å². The van der Waals surface area contributed by atoms with Crippen LogP contribution in [0.1, 0.15) is 18.9 Å². The molecular weight excluding hydrogens is 290 g/mol. The molecule has 3 heterocycles. The van der Waals surface area contributed by atoms with Crippen LogP contribution in [0.15, 0.2) is 42.7 Å². The van der Waals surface area contributed by atoms with E-state index in [2.05, 4.69) is 27.0 Å². The van der Waals surface area contributed by atoms with E-state index in [0.717, 1.165) is 42.5 Å². The number of hydrogen-bond donors (Lipinski definition) is 0. The fourth-order valence-electron chi connectivity index (χ4n) is 3.14. The van der Waals surface area contributed by atoms with Crippen molar-refractivity contribution in [1.82, 2.24) is 9.97 Å². The molecule has 0 unspecified atom stereocenters. The molecule has 0 saturated carbocycles. The van der Waals surface area contributed by atoms with Gasteiger partial charge in [-0.15, -0.1) is 0 Å². The fourth-order valence-corrected chi connectivity index (χ4v) is 3.14. The third-order valence-electron chi connectivity index (χ3n) is 4.27. The number of nitrogens with zero attached hydrogens (tertiary/aromatic N) is 3. The Hall–Kier alpha value is -2.56. The summed E-state index contributed by atoms with van der Waals surface area (Å²) in [5, 5.41) is 0. The molecule has 1 atom stereocenters. The van der Waals surface area contributed by atoms with Crippen LogP contribution in [0.4, 0.5) is 5.95 Å². The van der Waals surface area contributed by atoms with E-state index in [0.29, 0.717) is 6.61 Å². The predicted molar refractivity (Wildman–Crippen MR) is 88.9 cm³/mol. The lowest BCUT2D eigenvalue weighted by molar-refractivity contribution is 0.140. The first-order valence-corrected chi connectivity index (χ1v) is 7.95. The number of ether oxygens (including phenoxy) is 2. The average molecular weight is 309 g/mol. The number of aromatic nitrogens is 2. The lowest BCUT2D eigenvalue weighted by atomic mass is 9.97. The third kappa shape index (κ3) is 2.63. The summed E-state index contributed by atoms with van der Waals surface area (Å²) in [4.78, 5) is 10.8. The maximum atomic E-state index is 6.36. The lowest BCUT2D eigenvalue weighted by Crippen LogP contribution is -2.39. The van der Waals surface area contributed by atoms with Gasteiger partial charge in [0.25, 0.3) is 0 Å². The van der Waals surface area contributed by atoms with E-state index in [-0.39, 0.29) is 5.60 Å². The van der Waals surface area contributed by atoms with Crippen LogP contribution in [0.3, 0.4) is 0 Å². The summed E-state index contributed by atoms with van der Waals surface area (Å²) < 4.78 is 11.9. The summed E-state index contributed by atoms with van der Waals surface area (Å²) in [6, 6.07) is 7.83. The normalized spacial score (nSPS) is 22.0. The van der Waals surface area contributed by atoms with Gasteiger partial charge in [0, 0.05) is 37.0 Å². The summed E-state index contributed by atoms with van der Waals surface area (Å²) in [6.07, 6.45) is 8.77. The molecular formula is C18H19N3O2. The summed E-state index contributed by atoms with van der Waals surface area (Å²) >= 11 is 0. The molecule has 2 aliphatic rings. The van der Waals surface area contributed by atoms with Crippen LogP contribution in [0, 0.1) is 0 Å². The lowest BCUT2D eigenvalue weighted by Gasteiger charge is -2.31. The number of fused-ring (bicyclic) bond motifs is 1. The molecule has 0 bridgehead atoms. The van der Waals surface area contributed by atoms with Crippen LogP contribution < -0.4 is 14.4 Å². The van der Waals surface area contributed by atoms with Gasteiger partial charge in [0.05, 0.1) is 13.2 Å². The predicted octanol–water partition coefficient (Wildman–Crippen LogP) is 2.93. The Labute approximate surface area is 135 Å². The van der Waals surface area contributed by atoms with E-state index in [1.54, 1.807) is 12.4 Å². The maximum absolute atomic E-state index is 6.36. The number of anilines is 1. The average Bonchev–Trinajstić information content (AvgIpc) is 2.99. The summed E-state index contributed by atoms with van der Waals surface area (Å²) in [7, 11) is 0. The van der Waals surface area contributed by atoms with Crippen molar-refractivity contribution in [1.29, 1.82) is 0 Å². The van der Waals surface area contributed by atoms with Gasteiger partial charge in [-0.3, -0.25) is 0 Å². The van der Waals surface area contributed by atoms with Crippen LogP contribution in [-0.4, -0.2) is 35.3 Å². The Morgan fingerprint density at radius 2 is 2.17 bits per heavy atom. The zero-order chi connectivity index (χ0) is 15.7. The monoisotopic (exact) mass is 309 g/mol. The van der Waals surface area contributed by atoms with E-state index in [1.165, 1.54) is 0 Å². The highest BCUT2D eigenvalue weighted by atomic mass is 16.5. The Morgan fingerprint density at radius 1 is 1.30 bits per heavy atom. The first-order valence-electron chi connectivity index (χ1n) is 7.95. The maximum Gasteiger partial charge on any atom is 0.225 e. The van der Waals surface area contributed by atoms with Crippen molar-refractivity contribution in [3.8, 4) is 11.5 Å². The molecule has 1 aromatic carbocycles. The van der Waals surface area contributed by atoms with E-state index < -0.39 is 0 Å². The van der Waals surface area contributed by atoms with Crippen LogP contribution in [0.25, 0.3) is 6.08 Å². The van der Waals surface area contributed by atoms with E-state index in [1.807, 2.05) is 31.2 Å². The summed E-state index contributed by atoms with van der Waals surface area (Å²) in [6.45, 7) is 4.27. The van der Waals surface area contributed by atoms with Gasteiger partial charge in [-0.1, -0.05) is 6.08 Å². The molecule has 5 nitrogen and oxygen atoms in total. The van der Waals surface area contributed by atoms with Crippen LogP contribution in [0.5, 0.6) is 11.5 Å². The van der Waals surface area contributed by atoms with Gasteiger partial charge in [-0.05, 0) is 31.2 Å². The molecule has 118 valence electrons. The third-order valence-corrected chi connectivity index (χ3v) is 4.27. The van der Waals surface area contributed by atoms with Gasteiger partial charge in [-0.25, -0.2) is 9.97 Å². The molecule has 1 spiro atoms. The van der Waals surface area contributed by atoms with Gasteiger partial charge in [-0.2, -0.15) is 0 Å². The highest BCUT2D eigenvalue weighted by Crippen LogP contribution is 2.38. The highest BCUT2D eigenvalue weighted by Gasteiger charge is 2.41. The Kier molecular flexibility index (Phi) is 3.41. The largest absolute Gasteiger partial charge is 0.494 e. The van der Waals surface area contributed by atoms with Crippen LogP contribution >= 0.6 is 0 Å². The second-order valence-electron chi connectivity index (χ2n) is 5.85. The molecule has 1 aromatic heterocycles. The Balaban J connectivity index is 1.57. The van der Waals surface area contributed by atoms with E-state index >= 15 is 0 Å². The van der Waals surface area contributed by atoms with Crippen molar-refractivity contribution in [2.75, 3.05) is 24.6 Å². The van der Waals surface area contributed by atoms with Crippen LogP contribution in [0.2, 0.25) is 0 Å². The number of hydrogen-bond acceptors (Lipinski definition) is 5. The molecule has 1 fully saturated rings. The minimum absolute atomic E-state index is 0.308. The van der Waals surface area contributed by atoms with Crippen LogP contribution in [-0.2, 0) is 0 Å². The molecule has 23 heavy (non-hydrogen) atoms. The fraction of sp³-hybridized carbons (Fsp3) is 0.333. The highest BCUT2D eigenvalue weighted by molar-refractivity contribution is 5.63. The molecule has 1 saturated heterocycles. The first-order chi connectivity index (χ1) is 11.3. The zero-order valence-corrected chi connectivity index (χ0v) is 13.1. The molecule has 5 heteroatoms. The molecule has 0 amide bonds. The SMILES string of the molecule is CCOc1ccc2c(c1)O[C@]1(C=C2)CCN(c2ncccn2)C1. The topological polar surface area (TPSA) is 47.5 Å². The zero-order valence-electron chi connectivity index (χ0n) is 13.1. The smallest absolute Gasteiger partial charge is 0.225 e. The van der Waals surface area contributed by atoms with Gasteiger partial charge >= 0.3 is 0 Å². The van der Waals surface area contributed by atoms with Gasteiger partial charge < -0.3 is 14.4 Å². The first kappa shape index (κ1) is 14.1. The molecule has 0 aliphatic carbocycles. The van der Waals surface area contributed by atoms with E-state index in [4.69, 9.17) is 9.47 Å². The van der Waals surface area contributed by atoms with Crippen molar-refractivity contribution < 1.29 is 9.47 Å². The van der Waals surface area contributed by atoms with Crippen molar-refractivity contribution >= 4 is 12.0 Å². The quantitative estimate of drug-likeness (QED) is 0.872. The summed E-state index contributed by atoms with van der Waals surface area (Å²) in [5.74, 6) is 2.49. The van der Waals surface area contributed by atoms with Crippen molar-refractivity contribution in [2.24, 2.45) is 0 Å². The second-order valence-corrected chi connectivity index (χ2v) is 5.85. The molecule has 2 aromatic rings. The van der Waals surface area contributed by atoms with Crippen molar-refractivity contribution in [2.45, 2.75) is 18.9 Å². The van der Waals surface area contributed by atoms with E-state index in [9.17, 15) is 0 Å². The van der Waals surface area contributed by atoms with Crippen molar-refractivity contribution in [3.05, 3.63) is 48.3 Å². The number of rotatable bonds is 3. The van der Waals surface area contributed by atoms with Gasteiger partial charge in [0.1, 0.15) is 17.1 Å². The standard InChI is InChI=1S/C18H19N3O2/c1-2-22-15-5-4-14-6-7-18(23-16(14)12-15)8-11-21(13-18)17-19-9-3-10-20-17/h3-7,9-10,12H,2,8,11,13H2,1H3/t18-/m1/s1. The molecule has 4 rings (SSSR count). The minimum Gasteiger partial charge on any atom is -0.494 e. The second kappa shape index (κ2) is 5.57. The summed E-state index contributed by atoms with van der Waals surface area (Å²) in [5.41, 5.74) is 0.783. The molecule has 2 aliphatic heterocycles. The molecule has 0 N–H and O–H groups in total. The Morgan fingerprint density at radius 3 is 3.00 bits per heavy atom.